The van der Waals surface area contributed by atoms with Gasteiger partial charge in [0.25, 0.3) is 5.56 Å². The standard InChI is InChI=1S/C11H11FN2O2/c1-2-8-11(16)14-9-4-6(5-15)3-7(12)10(9)13-8/h3-4,15H,2,5H2,1H3,(H,14,16). The number of rotatable bonds is 2. The molecule has 0 bridgehead atoms. The number of hydrogen-bond donors (Lipinski definition) is 2. The zero-order valence-electron chi connectivity index (χ0n) is 8.75. The van der Waals surface area contributed by atoms with Gasteiger partial charge in [-0.05, 0) is 24.1 Å². The van der Waals surface area contributed by atoms with Gasteiger partial charge in [0.2, 0.25) is 0 Å². The number of aromatic nitrogens is 2. The average Bonchev–Trinajstić information content (AvgIpc) is 2.28. The molecule has 0 aliphatic rings. The molecule has 0 aliphatic heterocycles. The van der Waals surface area contributed by atoms with Gasteiger partial charge in [0.15, 0.2) is 5.82 Å². The number of aliphatic hydroxyl groups excluding tert-OH is 1. The van der Waals surface area contributed by atoms with Gasteiger partial charge in [-0.3, -0.25) is 4.79 Å². The SMILES string of the molecule is CCc1nc2c(F)cc(CO)cc2[nH]c1=O. The molecule has 0 unspecified atom stereocenters. The Kier molecular flexibility index (Phi) is 2.70. The Morgan fingerprint density at radius 2 is 2.25 bits per heavy atom. The van der Waals surface area contributed by atoms with Crippen LogP contribution in [0.2, 0.25) is 0 Å². The van der Waals surface area contributed by atoms with Gasteiger partial charge in [-0.25, -0.2) is 9.37 Å². The smallest absolute Gasteiger partial charge is 0.270 e. The lowest BCUT2D eigenvalue weighted by molar-refractivity contribution is 0.281. The van der Waals surface area contributed by atoms with Gasteiger partial charge >= 0.3 is 0 Å². The quantitative estimate of drug-likeness (QED) is 0.800. The zero-order valence-corrected chi connectivity index (χ0v) is 8.75. The van der Waals surface area contributed by atoms with E-state index in [9.17, 15) is 9.18 Å². The van der Waals surface area contributed by atoms with Crippen molar-refractivity contribution in [3.63, 3.8) is 0 Å². The number of aliphatic hydroxyl groups is 1. The van der Waals surface area contributed by atoms with Gasteiger partial charge < -0.3 is 10.1 Å². The maximum absolute atomic E-state index is 13.6. The first-order chi connectivity index (χ1) is 7.65. The van der Waals surface area contributed by atoms with E-state index in [2.05, 4.69) is 9.97 Å². The summed E-state index contributed by atoms with van der Waals surface area (Å²) in [6.45, 7) is 1.51. The lowest BCUT2D eigenvalue weighted by atomic mass is 10.2. The molecule has 0 amide bonds. The van der Waals surface area contributed by atoms with Gasteiger partial charge in [0.05, 0.1) is 12.1 Å². The number of aryl methyl sites for hydroxylation is 1. The van der Waals surface area contributed by atoms with Crippen LogP contribution < -0.4 is 5.56 Å². The molecule has 2 N–H and O–H groups in total. The molecule has 1 aromatic carbocycles. The van der Waals surface area contributed by atoms with Gasteiger partial charge in [-0.15, -0.1) is 0 Å². The van der Waals surface area contributed by atoms with Gasteiger partial charge in [0.1, 0.15) is 11.2 Å². The minimum atomic E-state index is -0.535. The van der Waals surface area contributed by atoms with E-state index < -0.39 is 5.82 Å². The number of nitrogens with zero attached hydrogens (tertiary/aromatic N) is 1. The number of aromatic amines is 1. The van der Waals surface area contributed by atoms with Crippen LogP contribution >= 0.6 is 0 Å². The van der Waals surface area contributed by atoms with E-state index in [1.807, 2.05) is 0 Å². The maximum atomic E-state index is 13.6. The highest BCUT2D eigenvalue weighted by molar-refractivity contribution is 5.75. The van der Waals surface area contributed by atoms with Crippen molar-refractivity contribution in [3.05, 3.63) is 39.6 Å². The fourth-order valence-corrected chi connectivity index (χ4v) is 1.58. The van der Waals surface area contributed by atoms with Crippen molar-refractivity contribution in [3.8, 4) is 0 Å². The first-order valence-corrected chi connectivity index (χ1v) is 4.98. The molecular formula is C11H11FN2O2. The van der Waals surface area contributed by atoms with Crippen LogP contribution in [0.25, 0.3) is 11.0 Å². The molecule has 0 fully saturated rings. The minimum absolute atomic E-state index is 0.133. The summed E-state index contributed by atoms with van der Waals surface area (Å²) in [6, 6.07) is 2.74. The fraction of sp³-hybridized carbons (Fsp3) is 0.273. The molecule has 2 aromatic rings. The van der Waals surface area contributed by atoms with E-state index in [1.54, 1.807) is 6.92 Å². The normalized spacial score (nSPS) is 10.9. The summed E-state index contributed by atoms with van der Waals surface area (Å²) in [4.78, 5) is 18.0. The van der Waals surface area contributed by atoms with Crippen molar-refractivity contribution >= 4 is 11.0 Å². The second kappa shape index (κ2) is 4.02. The lowest BCUT2D eigenvalue weighted by Gasteiger charge is -2.03. The van der Waals surface area contributed by atoms with Crippen LogP contribution in [0.4, 0.5) is 4.39 Å². The second-order valence-corrected chi connectivity index (χ2v) is 3.50. The van der Waals surface area contributed by atoms with Crippen LogP contribution in [0, 0.1) is 5.82 Å². The third kappa shape index (κ3) is 1.69. The van der Waals surface area contributed by atoms with Crippen molar-refractivity contribution in [2.75, 3.05) is 0 Å². The second-order valence-electron chi connectivity index (χ2n) is 3.50. The summed E-state index contributed by atoms with van der Waals surface area (Å²) in [5.74, 6) is -0.535. The van der Waals surface area contributed by atoms with Crippen molar-refractivity contribution in [1.82, 2.24) is 9.97 Å². The molecule has 0 saturated heterocycles. The van der Waals surface area contributed by atoms with Crippen LogP contribution in [0.15, 0.2) is 16.9 Å². The first-order valence-electron chi connectivity index (χ1n) is 4.98. The predicted molar refractivity (Wildman–Crippen MR) is 57.6 cm³/mol. The highest BCUT2D eigenvalue weighted by Crippen LogP contribution is 2.15. The number of nitrogens with one attached hydrogen (secondary N) is 1. The minimum Gasteiger partial charge on any atom is -0.392 e. The van der Waals surface area contributed by atoms with Crippen molar-refractivity contribution in [2.45, 2.75) is 20.0 Å². The molecule has 4 nitrogen and oxygen atoms in total. The van der Waals surface area contributed by atoms with E-state index >= 15 is 0 Å². The summed E-state index contributed by atoms with van der Waals surface area (Å²) in [7, 11) is 0. The monoisotopic (exact) mass is 222 g/mol. The number of halogens is 1. The highest BCUT2D eigenvalue weighted by atomic mass is 19.1. The van der Waals surface area contributed by atoms with E-state index in [0.717, 1.165) is 0 Å². The maximum Gasteiger partial charge on any atom is 0.270 e. The van der Waals surface area contributed by atoms with Crippen LogP contribution in [-0.4, -0.2) is 15.1 Å². The van der Waals surface area contributed by atoms with E-state index in [4.69, 9.17) is 5.11 Å². The Morgan fingerprint density at radius 3 is 2.88 bits per heavy atom. The Morgan fingerprint density at radius 1 is 1.50 bits per heavy atom. The van der Waals surface area contributed by atoms with Gasteiger partial charge in [0, 0.05) is 0 Å². The van der Waals surface area contributed by atoms with Gasteiger partial charge in [-0.2, -0.15) is 0 Å². The van der Waals surface area contributed by atoms with Gasteiger partial charge in [-0.1, -0.05) is 6.92 Å². The lowest BCUT2D eigenvalue weighted by Crippen LogP contribution is -2.15. The molecule has 0 atom stereocenters. The molecule has 1 aromatic heterocycles. The summed E-state index contributed by atoms with van der Waals surface area (Å²) >= 11 is 0. The average molecular weight is 222 g/mol. The van der Waals surface area contributed by atoms with Crippen molar-refractivity contribution in [1.29, 1.82) is 0 Å². The summed E-state index contributed by atoms with van der Waals surface area (Å²) in [6.07, 6.45) is 0.451. The van der Waals surface area contributed by atoms with Crippen LogP contribution in [0.3, 0.4) is 0 Å². The Labute approximate surface area is 90.8 Å². The number of benzene rings is 1. The molecule has 2 rings (SSSR count). The molecule has 84 valence electrons. The van der Waals surface area contributed by atoms with Crippen LogP contribution in [0.1, 0.15) is 18.2 Å². The number of H-pyrrole nitrogens is 1. The molecular weight excluding hydrogens is 211 g/mol. The topological polar surface area (TPSA) is 66.0 Å². The Hall–Kier alpha value is -1.75. The molecule has 0 aliphatic carbocycles. The molecule has 0 saturated carbocycles. The molecule has 16 heavy (non-hydrogen) atoms. The van der Waals surface area contributed by atoms with Crippen molar-refractivity contribution in [2.24, 2.45) is 0 Å². The van der Waals surface area contributed by atoms with E-state index in [0.29, 0.717) is 23.2 Å². The number of fused-ring (bicyclic) bond motifs is 1. The van der Waals surface area contributed by atoms with Crippen molar-refractivity contribution < 1.29 is 9.50 Å². The summed E-state index contributed by atoms with van der Waals surface area (Å²) < 4.78 is 13.6. The third-order valence-corrected chi connectivity index (χ3v) is 2.40. The Bertz CT molecular complexity index is 592. The van der Waals surface area contributed by atoms with E-state index in [1.165, 1.54) is 12.1 Å². The highest BCUT2D eigenvalue weighted by Gasteiger charge is 2.08. The summed E-state index contributed by atoms with van der Waals surface area (Å²) in [5.41, 5.74) is 0.847. The molecule has 0 radical (unpaired) electrons. The largest absolute Gasteiger partial charge is 0.392 e. The fourth-order valence-electron chi connectivity index (χ4n) is 1.58. The third-order valence-electron chi connectivity index (χ3n) is 2.40. The molecule has 1 heterocycles. The van der Waals surface area contributed by atoms with E-state index in [-0.39, 0.29) is 17.7 Å². The first kappa shape index (κ1) is 10.8. The Balaban J connectivity index is 2.80. The van der Waals surface area contributed by atoms with Crippen LogP contribution in [-0.2, 0) is 13.0 Å². The molecule has 5 heteroatoms. The predicted octanol–water partition coefficient (Wildman–Crippen LogP) is 1.12. The number of hydrogen-bond acceptors (Lipinski definition) is 3. The summed E-state index contributed by atoms with van der Waals surface area (Å²) in [5, 5.41) is 8.91. The molecule has 0 spiro atoms. The van der Waals surface area contributed by atoms with Crippen LogP contribution in [0.5, 0.6) is 0 Å². The zero-order chi connectivity index (χ0) is 11.7.